The summed E-state index contributed by atoms with van der Waals surface area (Å²) in [4.78, 5) is 20.7. The van der Waals surface area contributed by atoms with E-state index in [-0.39, 0.29) is 5.91 Å². The van der Waals surface area contributed by atoms with E-state index in [4.69, 9.17) is 5.73 Å². The Morgan fingerprint density at radius 3 is 2.61 bits per heavy atom. The van der Waals surface area contributed by atoms with Crippen LogP contribution in [0.15, 0.2) is 22.5 Å². The van der Waals surface area contributed by atoms with Gasteiger partial charge in [-0.3, -0.25) is 9.79 Å². The van der Waals surface area contributed by atoms with Gasteiger partial charge in [-0.25, -0.2) is 0 Å². The van der Waals surface area contributed by atoms with Crippen LogP contribution in [0.2, 0.25) is 0 Å². The highest BCUT2D eigenvalue weighted by molar-refractivity contribution is 7.14. The van der Waals surface area contributed by atoms with E-state index in [0.717, 1.165) is 38.7 Å². The van der Waals surface area contributed by atoms with Crippen molar-refractivity contribution in [1.29, 1.82) is 0 Å². The maximum Gasteiger partial charge on any atom is 0.224 e. The fourth-order valence-electron chi connectivity index (χ4n) is 2.36. The zero-order chi connectivity index (χ0) is 16.9. The summed E-state index contributed by atoms with van der Waals surface area (Å²) in [6.45, 7) is 10.7. The molecular formula is C16H27N5OS. The van der Waals surface area contributed by atoms with Crippen molar-refractivity contribution < 1.29 is 4.79 Å². The third kappa shape index (κ3) is 4.60. The zero-order valence-electron chi connectivity index (χ0n) is 14.2. The second kappa shape index (κ2) is 7.68. The van der Waals surface area contributed by atoms with Gasteiger partial charge in [-0.1, -0.05) is 0 Å². The van der Waals surface area contributed by atoms with E-state index >= 15 is 0 Å². The molecule has 1 aromatic heterocycles. The zero-order valence-corrected chi connectivity index (χ0v) is 15.0. The summed E-state index contributed by atoms with van der Waals surface area (Å²) in [6, 6.07) is 4.25. The molecular weight excluding hydrogens is 310 g/mol. The van der Waals surface area contributed by atoms with Crippen LogP contribution in [0.1, 0.15) is 20.8 Å². The summed E-state index contributed by atoms with van der Waals surface area (Å²) in [5.74, 6) is 0.548. The SMILES string of the molecule is CCNC(=NCC(C)(C)C(N)=O)N1CCN(c2cccs2)CC1. The van der Waals surface area contributed by atoms with Gasteiger partial charge in [-0.05, 0) is 38.3 Å². The van der Waals surface area contributed by atoms with Crippen molar-refractivity contribution >= 4 is 28.2 Å². The predicted molar refractivity (Wildman–Crippen MR) is 97.1 cm³/mol. The monoisotopic (exact) mass is 337 g/mol. The average molecular weight is 337 g/mol. The third-order valence-electron chi connectivity index (χ3n) is 4.02. The number of rotatable bonds is 5. The summed E-state index contributed by atoms with van der Waals surface area (Å²) in [7, 11) is 0. The molecule has 0 radical (unpaired) electrons. The Bertz CT molecular complexity index is 533. The molecule has 3 N–H and O–H groups in total. The average Bonchev–Trinajstić information content (AvgIpc) is 3.06. The molecule has 0 bridgehead atoms. The first-order chi connectivity index (χ1) is 10.9. The van der Waals surface area contributed by atoms with Crippen LogP contribution in [0.4, 0.5) is 5.00 Å². The molecule has 7 heteroatoms. The lowest BCUT2D eigenvalue weighted by atomic mass is 9.93. The number of carbonyl (C=O) groups is 1. The minimum absolute atomic E-state index is 0.320. The highest BCUT2D eigenvalue weighted by Crippen LogP contribution is 2.22. The van der Waals surface area contributed by atoms with E-state index in [2.05, 4.69) is 44.5 Å². The first-order valence-corrected chi connectivity index (χ1v) is 8.93. The van der Waals surface area contributed by atoms with Gasteiger partial charge in [0.1, 0.15) is 0 Å². The van der Waals surface area contributed by atoms with Gasteiger partial charge >= 0.3 is 0 Å². The summed E-state index contributed by atoms with van der Waals surface area (Å²) < 4.78 is 0. The lowest BCUT2D eigenvalue weighted by molar-refractivity contribution is -0.125. The highest BCUT2D eigenvalue weighted by Gasteiger charge is 2.26. The maximum atomic E-state index is 11.5. The Labute approximate surface area is 142 Å². The molecule has 23 heavy (non-hydrogen) atoms. The molecule has 0 aliphatic carbocycles. The van der Waals surface area contributed by atoms with Gasteiger partial charge in [0.2, 0.25) is 5.91 Å². The molecule has 0 aromatic carbocycles. The summed E-state index contributed by atoms with van der Waals surface area (Å²) >= 11 is 1.78. The summed E-state index contributed by atoms with van der Waals surface area (Å²) in [5, 5.41) is 6.75. The molecule has 0 unspecified atom stereocenters. The molecule has 0 saturated carbocycles. The number of anilines is 1. The Hall–Kier alpha value is -1.76. The second-order valence-corrected chi connectivity index (χ2v) is 7.27. The predicted octanol–water partition coefficient (Wildman–Crippen LogP) is 1.35. The van der Waals surface area contributed by atoms with Crippen LogP contribution in [0.25, 0.3) is 0 Å². The first kappa shape index (κ1) is 17.6. The number of nitrogens with zero attached hydrogens (tertiary/aromatic N) is 3. The van der Waals surface area contributed by atoms with Crippen LogP contribution in [0, 0.1) is 5.41 Å². The lowest BCUT2D eigenvalue weighted by Crippen LogP contribution is -2.52. The van der Waals surface area contributed by atoms with Crippen molar-refractivity contribution in [2.24, 2.45) is 16.1 Å². The smallest absolute Gasteiger partial charge is 0.224 e. The van der Waals surface area contributed by atoms with Crippen molar-refractivity contribution in [1.82, 2.24) is 10.2 Å². The normalized spacial score (nSPS) is 16.6. The van der Waals surface area contributed by atoms with Gasteiger partial charge in [-0.2, -0.15) is 0 Å². The van der Waals surface area contributed by atoms with E-state index < -0.39 is 5.41 Å². The lowest BCUT2D eigenvalue weighted by Gasteiger charge is -2.37. The number of hydrogen-bond acceptors (Lipinski definition) is 4. The van der Waals surface area contributed by atoms with Crippen LogP contribution in [0.3, 0.4) is 0 Å². The van der Waals surface area contributed by atoms with Crippen LogP contribution in [-0.2, 0) is 4.79 Å². The molecule has 1 aliphatic heterocycles. The van der Waals surface area contributed by atoms with Crippen LogP contribution >= 0.6 is 11.3 Å². The standard InChI is InChI=1S/C16H27N5OS/c1-4-18-15(19-12-16(2,3)14(17)22)21-9-7-20(8-10-21)13-6-5-11-23-13/h5-6,11H,4,7-10,12H2,1-3H3,(H2,17,22)(H,18,19). The van der Waals surface area contributed by atoms with Crippen molar-refractivity contribution in [2.45, 2.75) is 20.8 Å². The van der Waals surface area contributed by atoms with Gasteiger partial charge in [0, 0.05) is 32.7 Å². The molecule has 1 fully saturated rings. The van der Waals surface area contributed by atoms with Crippen molar-refractivity contribution in [3.63, 3.8) is 0 Å². The largest absolute Gasteiger partial charge is 0.369 e. The fourth-order valence-corrected chi connectivity index (χ4v) is 3.15. The van der Waals surface area contributed by atoms with Gasteiger partial charge in [-0.15, -0.1) is 11.3 Å². The van der Waals surface area contributed by atoms with Gasteiger partial charge in [0.05, 0.1) is 17.0 Å². The molecule has 0 atom stereocenters. The fraction of sp³-hybridized carbons (Fsp3) is 0.625. The van der Waals surface area contributed by atoms with Gasteiger partial charge in [0.15, 0.2) is 5.96 Å². The number of thiophene rings is 1. The van der Waals surface area contributed by atoms with Gasteiger partial charge in [0.25, 0.3) is 0 Å². The molecule has 1 saturated heterocycles. The minimum Gasteiger partial charge on any atom is -0.369 e. The Morgan fingerprint density at radius 1 is 1.39 bits per heavy atom. The van der Waals surface area contributed by atoms with E-state index in [1.807, 2.05) is 13.8 Å². The number of hydrogen-bond donors (Lipinski definition) is 2. The minimum atomic E-state index is -0.626. The molecule has 0 spiro atoms. The molecule has 128 valence electrons. The topological polar surface area (TPSA) is 74.0 Å². The Balaban J connectivity index is 1.98. The molecule has 1 aromatic rings. The summed E-state index contributed by atoms with van der Waals surface area (Å²) in [6.07, 6.45) is 0. The van der Waals surface area contributed by atoms with Crippen molar-refractivity contribution in [3.8, 4) is 0 Å². The summed E-state index contributed by atoms with van der Waals surface area (Å²) in [5.41, 5.74) is 4.81. The number of nitrogens with two attached hydrogens (primary N) is 1. The Morgan fingerprint density at radius 2 is 2.09 bits per heavy atom. The highest BCUT2D eigenvalue weighted by atomic mass is 32.1. The quantitative estimate of drug-likeness (QED) is 0.628. The number of carbonyl (C=O) groups excluding carboxylic acids is 1. The molecule has 2 rings (SSSR count). The number of guanidine groups is 1. The third-order valence-corrected chi connectivity index (χ3v) is 4.95. The molecule has 1 aliphatic rings. The van der Waals surface area contributed by atoms with Crippen molar-refractivity contribution in [3.05, 3.63) is 17.5 Å². The van der Waals surface area contributed by atoms with Gasteiger partial charge < -0.3 is 20.9 Å². The number of nitrogens with one attached hydrogen (secondary N) is 1. The van der Waals surface area contributed by atoms with E-state index in [1.165, 1.54) is 5.00 Å². The van der Waals surface area contributed by atoms with Crippen LogP contribution < -0.4 is 16.0 Å². The number of primary amides is 1. The maximum absolute atomic E-state index is 11.5. The Kier molecular flexibility index (Phi) is 5.87. The number of aliphatic imine (C=N–C) groups is 1. The second-order valence-electron chi connectivity index (χ2n) is 6.34. The molecule has 2 heterocycles. The number of amides is 1. The van der Waals surface area contributed by atoms with Crippen molar-refractivity contribution in [2.75, 3.05) is 44.2 Å². The molecule has 1 amide bonds. The number of piperazine rings is 1. The first-order valence-electron chi connectivity index (χ1n) is 8.05. The van der Waals surface area contributed by atoms with E-state index in [1.54, 1.807) is 11.3 Å². The van der Waals surface area contributed by atoms with Crippen LogP contribution in [0.5, 0.6) is 0 Å². The van der Waals surface area contributed by atoms with E-state index in [0.29, 0.717) is 6.54 Å². The van der Waals surface area contributed by atoms with E-state index in [9.17, 15) is 4.79 Å². The van der Waals surface area contributed by atoms with Crippen LogP contribution in [-0.4, -0.2) is 56.0 Å². The molecule has 6 nitrogen and oxygen atoms in total.